The number of aliphatic carboxylic acids is 1. The van der Waals surface area contributed by atoms with Crippen molar-refractivity contribution in [3.05, 3.63) is 70.2 Å². The summed E-state index contributed by atoms with van der Waals surface area (Å²) in [6.45, 7) is 0. The zero-order valence-electron chi connectivity index (χ0n) is 12.7. The van der Waals surface area contributed by atoms with Gasteiger partial charge in [0.1, 0.15) is 6.04 Å². The standard InChI is InChI=1S/C17H13ClF3NO3/c18-13-7-2-1-4-10(13)9-14(16(24)25)22-15(23)11-5-3-6-12(8-11)17(19,20)21/h1-8,14H,9H2,(H,22,23)(H,24,25)/t14-/m0/s1. The van der Waals surface area contributed by atoms with Crippen LogP contribution in [0.4, 0.5) is 13.2 Å². The number of carbonyl (C=O) groups excluding carboxylic acids is 1. The molecule has 0 saturated heterocycles. The molecule has 0 spiro atoms. The predicted octanol–water partition coefficient (Wildman–Crippen LogP) is 3.78. The Bertz CT molecular complexity index is 793. The van der Waals surface area contributed by atoms with Gasteiger partial charge in [0.05, 0.1) is 5.56 Å². The summed E-state index contributed by atoms with van der Waals surface area (Å²) in [7, 11) is 0. The highest BCUT2D eigenvalue weighted by atomic mass is 35.5. The Kier molecular flexibility index (Phi) is 5.69. The Labute approximate surface area is 146 Å². The van der Waals surface area contributed by atoms with Crippen molar-refractivity contribution >= 4 is 23.5 Å². The molecule has 8 heteroatoms. The number of carboxylic acids is 1. The van der Waals surface area contributed by atoms with Gasteiger partial charge in [0.15, 0.2) is 0 Å². The summed E-state index contributed by atoms with van der Waals surface area (Å²) in [5, 5.41) is 11.8. The number of carbonyl (C=O) groups is 2. The van der Waals surface area contributed by atoms with Crippen LogP contribution in [0, 0.1) is 0 Å². The minimum absolute atomic E-state index is 0.0975. The lowest BCUT2D eigenvalue weighted by molar-refractivity contribution is -0.139. The molecule has 1 amide bonds. The van der Waals surface area contributed by atoms with E-state index in [1.165, 1.54) is 6.07 Å². The van der Waals surface area contributed by atoms with Gasteiger partial charge in [0.25, 0.3) is 5.91 Å². The van der Waals surface area contributed by atoms with Crippen LogP contribution < -0.4 is 5.32 Å². The van der Waals surface area contributed by atoms with Gasteiger partial charge in [-0.1, -0.05) is 35.9 Å². The molecule has 2 N–H and O–H groups in total. The normalized spacial score (nSPS) is 12.5. The maximum absolute atomic E-state index is 12.7. The Hall–Kier alpha value is -2.54. The molecule has 0 heterocycles. The molecule has 0 bridgehead atoms. The van der Waals surface area contributed by atoms with Gasteiger partial charge in [-0.2, -0.15) is 13.2 Å². The molecule has 0 unspecified atom stereocenters. The van der Waals surface area contributed by atoms with E-state index in [4.69, 9.17) is 11.6 Å². The first-order valence-corrected chi connectivity index (χ1v) is 7.50. The molecule has 25 heavy (non-hydrogen) atoms. The van der Waals surface area contributed by atoms with Gasteiger partial charge in [-0.15, -0.1) is 0 Å². The van der Waals surface area contributed by atoms with Crippen LogP contribution in [0.2, 0.25) is 5.02 Å². The van der Waals surface area contributed by atoms with Crippen molar-refractivity contribution < 1.29 is 27.9 Å². The number of nitrogens with one attached hydrogen (secondary N) is 1. The molecule has 2 aromatic carbocycles. The van der Waals surface area contributed by atoms with E-state index in [0.29, 0.717) is 16.7 Å². The van der Waals surface area contributed by atoms with Crippen LogP contribution in [0.3, 0.4) is 0 Å². The van der Waals surface area contributed by atoms with E-state index in [9.17, 15) is 27.9 Å². The van der Waals surface area contributed by atoms with Gasteiger partial charge in [-0.25, -0.2) is 4.79 Å². The van der Waals surface area contributed by atoms with E-state index in [1.807, 2.05) is 0 Å². The molecule has 0 saturated carbocycles. The van der Waals surface area contributed by atoms with Crippen LogP contribution in [0.25, 0.3) is 0 Å². The van der Waals surface area contributed by atoms with E-state index >= 15 is 0 Å². The number of rotatable bonds is 5. The molecule has 132 valence electrons. The minimum atomic E-state index is -4.60. The fraction of sp³-hybridized carbons (Fsp3) is 0.176. The maximum atomic E-state index is 12.7. The number of hydrogen-bond donors (Lipinski definition) is 2. The van der Waals surface area contributed by atoms with Crippen molar-refractivity contribution in [1.29, 1.82) is 0 Å². The highest BCUT2D eigenvalue weighted by molar-refractivity contribution is 6.31. The molecule has 0 aliphatic rings. The molecule has 0 aliphatic carbocycles. The second-order valence-corrected chi connectivity index (χ2v) is 5.65. The predicted molar refractivity (Wildman–Crippen MR) is 85.5 cm³/mol. The maximum Gasteiger partial charge on any atom is 0.416 e. The third-order valence-electron chi connectivity index (χ3n) is 3.44. The van der Waals surface area contributed by atoms with E-state index in [-0.39, 0.29) is 12.0 Å². The molecule has 4 nitrogen and oxygen atoms in total. The Morgan fingerprint density at radius 1 is 1.12 bits per heavy atom. The molecule has 1 atom stereocenters. The Morgan fingerprint density at radius 3 is 2.40 bits per heavy atom. The summed E-state index contributed by atoms with van der Waals surface area (Å²) in [6.07, 6.45) is -4.69. The average Bonchev–Trinajstić information content (AvgIpc) is 2.55. The molecular weight excluding hydrogens is 359 g/mol. The van der Waals surface area contributed by atoms with Gasteiger partial charge in [-0.3, -0.25) is 4.79 Å². The van der Waals surface area contributed by atoms with E-state index in [2.05, 4.69) is 5.32 Å². The van der Waals surface area contributed by atoms with Crippen LogP contribution in [0.15, 0.2) is 48.5 Å². The fourth-order valence-electron chi connectivity index (χ4n) is 2.16. The third-order valence-corrected chi connectivity index (χ3v) is 3.81. The summed E-state index contributed by atoms with van der Waals surface area (Å²) in [5.41, 5.74) is -0.765. The summed E-state index contributed by atoms with van der Waals surface area (Å²) in [5.74, 6) is -2.23. The van der Waals surface area contributed by atoms with E-state index in [1.54, 1.807) is 24.3 Å². The molecule has 2 rings (SSSR count). The zero-order valence-corrected chi connectivity index (χ0v) is 13.4. The zero-order chi connectivity index (χ0) is 18.6. The molecule has 2 aromatic rings. The van der Waals surface area contributed by atoms with Gasteiger partial charge >= 0.3 is 12.1 Å². The molecular formula is C17H13ClF3NO3. The van der Waals surface area contributed by atoms with Crippen molar-refractivity contribution in [1.82, 2.24) is 5.32 Å². The van der Waals surface area contributed by atoms with Crippen LogP contribution >= 0.6 is 11.6 Å². The fourth-order valence-corrected chi connectivity index (χ4v) is 2.38. The first kappa shape index (κ1) is 18.8. The second kappa shape index (κ2) is 7.57. The third kappa shape index (κ3) is 4.96. The molecule has 0 aromatic heterocycles. The summed E-state index contributed by atoms with van der Waals surface area (Å²) >= 11 is 5.97. The van der Waals surface area contributed by atoms with Crippen LogP contribution in [-0.2, 0) is 17.4 Å². The summed E-state index contributed by atoms with van der Waals surface area (Å²) in [6, 6.07) is 8.94. The lowest BCUT2D eigenvalue weighted by Gasteiger charge is -2.16. The van der Waals surface area contributed by atoms with E-state index < -0.39 is 29.7 Å². The number of benzene rings is 2. The number of carboxylic acid groups (broad SMARTS) is 1. The van der Waals surface area contributed by atoms with Crippen LogP contribution in [0.1, 0.15) is 21.5 Å². The van der Waals surface area contributed by atoms with Crippen molar-refractivity contribution in [3.8, 4) is 0 Å². The largest absolute Gasteiger partial charge is 0.480 e. The Morgan fingerprint density at radius 2 is 1.80 bits per heavy atom. The van der Waals surface area contributed by atoms with Crippen LogP contribution in [0.5, 0.6) is 0 Å². The van der Waals surface area contributed by atoms with Crippen molar-refractivity contribution in [2.24, 2.45) is 0 Å². The summed E-state index contributed by atoms with van der Waals surface area (Å²) < 4.78 is 38.1. The summed E-state index contributed by atoms with van der Waals surface area (Å²) in [4.78, 5) is 23.5. The van der Waals surface area contributed by atoms with Crippen LogP contribution in [-0.4, -0.2) is 23.0 Å². The van der Waals surface area contributed by atoms with Gasteiger partial charge in [0.2, 0.25) is 0 Å². The van der Waals surface area contributed by atoms with Crippen molar-refractivity contribution in [2.75, 3.05) is 0 Å². The smallest absolute Gasteiger partial charge is 0.416 e. The first-order chi connectivity index (χ1) is 11.7. The van der Waals surface area contributed by atoms with Gasteiger partial charge < -0.3 is 10.4 Å². The van der Waals surface area contributed by atoms with Crippen molar-refractivity contribution in [3.63, 3.8) is 0 Å². The topological polar surface area (TPSA) is 66.4 Å². The molecule has 0 aliphatic heterocycles. The van der Waals surface area contributed by atoms with Crippen molar-refractivity contribution in [2.45, 2.75) is 18.6 Å². The molecule has 0 fully saturated rings. The second-order valence-electron chi connectivity index (χ2n) is 5.24. The van der Waals surface area contributed by atoms with Gasteiger partial charge in [0, 0.05) is 17.0 Å². The Balaban J connectivity index is 2.18. The number of alkyl halides is 3. The number of halogens is 4. The lowest BCUT2D eigenvalue weighted by Crippen LogP contribution is -2.42. The van der Waals surface area contributed by atoms with Gasteiger partial charge in [-0.05, 0) is 29.8 Å². The lowest BCUT2D eigenvalue weighted by atomic mass is 10.0. The number of amides is 1. The quantitative estimate of drug-likeness (QED) is 0.840. The minimum Gasteiger partial charge on any atom is -0.480 e. The first-order valence-electron chi connectivity index (χ1n) is 7.13. The number of hydrogen-bond acceptors (Lipinski definition) is 2. The molecule has 0 radical (unpaired) electrons. The highest BCUT2D eigenvalue weighted by Gasteiger charge is 2.31. The van der Waals surface area contributed by atoms with E-state index in [0.717, 1.165) is 12.1 Å². The average molecular weight is 372 g/mol. The highest BCUT2D eigenvalue weighted by Crippen LogP contribution is 2.29. The SMILES string of the molecule is O=C(N[C@@H](Cc1ccccc1Cl)C(=O)O)c1cccc(C(F)(F)F)c1. The monoisotopic (exact) mass is 371 g/mol.